The van der Waals surface area contributed by atoms with Crippen LogP contribution in [0.5, 0.6) is 5.75 Å². The summed E-state index contributed by atoms with van der Waals surface area (Å²) in [6.45, 7) is 1.39. The number of halogens is 1. The number of hydrogen-bond acceptors (Lipinski definition) is 3. The van der Waals surface area contributed by atoms with Crippen molar-refractivity contribution in [2.45, 2.75) is 13.2 Å². The van der Waals surface area contributed by atoms with Crippen molar-refractivity contribution in [3.05, 3.63) is 58.9 Å². The minimum absolute atomic E-state index is 0.516. The van der Waals surface area contributed by atoms with Gasteiger partial charge in [-0.05, 0) is 18.2 Å². The minimum Gasteiger partial charge on any atom is -0.487 e. The third-order valence-electron chi connectivity index (χ3n) is 2.49. The molecule has 0 bridgehead atoms. The summed E-state index contributed by atoms with van der Waals surface area (Å²) in [5, 5.41) is 3.69. The first-order valence-corrected chi connectivity index (χ1v) is 6.11. The fourth-order valence-corrected chi connectivity index (χ4v) is 1.76. The summed E-state index contributed by atoms with van der Waals surface area (Å²) in [5.41, 5.74) is 2.38. The summed E-state index contributed by atoms with van der Waals surface area (Å²) >= 11 is 5.83. The zero-order valence-corrected chi connectivity index (χ0v) is 10.9. The van der Waals surface area contributed by atoms with E-state index in [0.717, 1.165) is 12.1 Å². The molecule has 0 saturated heterocycles. The lowest BCUT2D eigenvalue weighted by Gasteiger charge is -2.07. The lowest BCUT2D eigenvalue weighted by Crippen LogP contribution is -2.05. The number of hydrogen-bond donors (Lipinski definition) is 1. The highest BCUT2D eigenvalue weighted by molar-refractivity contribution is 6.30. The Balaban J connectivity index is 1.93. The average molecular weight is 263 g/mol. The van der Waals surface area contributed by atoms with Crippen LogP contribution >= 0.6 is 11.6 Å². The molecule has 2 aromatic rings. The molecule has 1 heterocycles. The summed E-state index contributed by atoms with van der Waals surface area (Å²) < 4.78 is 5.61. The normalized spacial score (nSPS) is 10.3. The van der Waals surface area contributed by atoms with Crippen molar-refractivity contribution in [1.29, 1.82) is 0 Å². The molecule has 0 spiro atoms. The first-order valence-electron chi connectivity index (χ1n) is 5.73. The summed E-state index contributed by atoms with van der Waals surface area (Å²) in [4.78, 5) is 3.97. The van der Waals surface area contributed by atoms with Crippen molar-refractivity contribution < 1.29 is 4.74 Å². The number of rotatable bonds is 5. The van der Waals surface area contributed by atoms with Crippen molar-refractivity contribution in [3.63, 3.8) is 0 Å². The Morgan fingerprint density at radius 3 is 2.56 bits per heavy atom. The van der Waals surface area contributed by atoms with E-state index in [4.69, 9.17) is 16.3 Å². The van der Waals surface area contributed by atoms with Crippen molar-refractivity contribution in [1.82, 2.24) is 10.3 Å². The van der Waals surface area contributed by atoms with Gasteiger partial charge in [0.2, 0.25) is 0 Å². The van der Waals surface area contributed by atoms with E-state index in [0.29, 0.717) is 17.4 Å². The second-order valence-electron chi connectivity index (χ2n) is 3.97. The lowest BCUT2D eigenvalue weighted by atomic mass is 10.1. The molecular weight excluding hydrogens is 248 g/mol. The van der Waals surface area contributed by atoms with E-state index in [-0.39, 0.29) is 0 Å². The van der Waals surface area contributed by atoms with Crippen LogP contribution in [-0.4, -0.2) is 12.0 Å². The molecule has 1 N–H and O–H groups in total. The van der Waals surface area contributed by atoms with Gasteiger partial charge >= 0.3 is 0 Å². The third kappa shape index (κ3) is 3.72. The molecule has 0 amide bonds. The van der Waals surface area contributed by atoms with E-state index in [1.165, 1.54) is 5.56 Å². The van der Waals surface area contributed by atoms with Crippen LogP contribution in [0, 0.1) is 0 Å². The molecule has 0 fully saturated rings. The van der Waals surface area contributed by atoms with Crippen LogP contribution in [-0.2, 0) is 13.2 Å². The molecule has 0 atom stereocenters. The first kappa shape index (κ1) is 12.9. The van der Waals surface area contributed by atoms with Gasteiger partial charge in [-0.1, -0.05) is 35.9 Å². The molecule has 0 saturated carbocycles. The van der Waals surface area contributed by atoms with Crippen molar-refractivity contribution in [2.24, 2.45) is 0 Å². The molecule has 0 radical (unpaired) electrons. The summed E-state index contributed by atoms with van der Waals surface area (Å²) in [6.07, 6.45) is 3.24. The van der Waals surface area contributed by atoms with Crippen molar-refractivity contribution in [3.8, 4) is 5.75 Å². The first-order chi connectivity index (χ1) is 8.78. The smallest absolute Gasteiger partial charge is 0.139 e. The largest absolute Gasteiger partial charge is 0.487 e. The van der Waals surface area contributed by atoms with Gasteiger partial charge in [-0.15, -0.1) is 0 Å². The number of ether oxygens (including phenoxy) is 1. The number of nitrogens with one attached hydrogen (secondary N) is 1. The zero-order valence-electron chi connectivity index (χ0n) is 10.2. The summed E-state index contributed by atoms with van der Waals surface area (Å²) in [7, 11) is 1.93. The quantitative estimate of drug-likeness (QED) is 0.899. The van der Waals surface area contributed by atoms with Gasteiger partial charge in [-0.25, -0.2) is 0 Å². The number of aromatic nitrogens is 1. The van der Waals surface area contributed by atoms with Gasteiger partial charge in [-0.3, -0.25) is 4.98 Å². The third-order valence-corrected chi connectivity index (χ3v) is 2.70. The Kier molecular flexibility index (Phi) is 4.56. The van der Waals surface area contributed by atoms with Crippen LogP contribution in [0.1, 0.15) is 11.1 Å². The van der Waals surface area contributed by atoms with Gasteiger partial charge in [-0.2, -0.15) is 0 Å². The maximum absolute atomic E-state index is 5.83. The van der Waals surface area contributed by atoms with E-state index in [1.807, 2.05) is 7.05 Å². The van der Waals surface area contributed by atoms with E-state index in [9.17, 15) is 0 Å². The van der Waals surface area contributed by atoms with Gasteiger partial charge < -0.3 is 10.1 Å². The molecule has 1 aromatic heterocycles. The Labute approximate surface area is 112 Å². The van der Waals surface area contributed by atoms with Crippen molar-refractivity contribution in [2.75, 3.05) is 7.05 Å². The van der Waals surface area contributed by atoms with Crippen LogP contribution in [0.2, 0.25) is 5.02 Å². The van der Waals surface area contributed by atoms with Crippen LogP contribution in [0.4, 0.5) is 0 Å². The van der Waals surface area contributed by atoms with Gasteiger partial charge in [0, 0.05) is 18.8 Å². The molecule has 18 heavy (non-hydrogen) atoms. The second-order valence-corrected chi connectivity index (χ2v) is 4.41. The van der Waals surface area contributed by atoms with Gasteiger partial charge in [0.1, 0.15) is 12.4 Å². The highest BCUT2D eigenvalue weighted by atomic mass is 35.5. The molecule has 0 aliphatic carbocycles. The number of pyridine rings is 1. The molecule has 2 rings (SSSR count). The van der Waals surface area contributed by atoms with E-state index >= 15 is 0 Å². The predicted octanol–water partition coefficient (Wildman–Crippen LogP) is 3.03. The van der Waals surface area contributed by atoms with Gasteiger partial charge in [0.05, 0.1) is 11.2 Å². The Bertz CT molecular complexity index is 499. The average Bonchev–Trinajstić information content (AvgIpc) is 2.38. The molecule has 0 aliphatic heterocycles. The predicted molar refractivity (Wildman–Crippen MR) is 72.8 cm³/mol. The topological polar surface area (TPSA) is 34.1 Å². The molecule has 3 nitrogen and oxygen atoms in total. The van der Waals surface area contributed by atoms with Crippen molar-refractivity contribution >= 4 is 11.6 Å². The molecule has 1 aromatic carbocycles. The Morgan fingerprint density at radius 1 is 1.17 bits per heavy atom. The monoisotopic (exact) mass is 262 g/mol. The fraction of sp³-hybridized carbons (Fsp3) is 0.214. The molecule has 94 valence electrons. The number of benzene rings is 1. The van der Waals surface area contributed by atoms with Crippen LogP contribution in [0.3, 0.4) is 0 Å². The minimum atomic E-state index is 0.516. The van der Waals surface area contributed by atoms with Crippen LogP contribution < -0.4 is 10.1 Å². The highest BCUT2D eigenvalue weighted by Gasteiger charge is 1.98. The standard InChI is InChI=1S/C14H15ClN2O/c1-16-7-11-2-4-12(5-3-11)10-18-14-6-13(15)8-17-9-14/h2-6,8-9,16H,7,10H2,1H3. The van der Waals surface area contributed by atoms with Gasteiger partial charge in [0.25, 0.3) is 0 Å². The SMILES string of the molecule is CNCc1ccc(COc2cncc(Cl)c2)cc1. The maximum atomic E-state index is 5.83. The Morgan fingerprint density at radius 2 is 1.89 bits per heavy atom. The summed E-state index contributed by atoms with van der Waals surface area (Å²) in [5.74, 6) is 0.682. The molecule has 4 heteroatoms. The molecular formula is C14H15ClN2O. The second kappa shape index (κ2) is 6.38. The van der Waals surface area contributed by atoms with Gasteiger partial charge in [0.15, 0.2) is 0 Å². The number of nitrogens with zero attached hydrogens (tertiary/aromatic N) is 1. The van der Waals surface area contributed by atoms with E-state index < -0.39 is 0 Å². The zero-order chi connectivity index (χ0) is 12.8. The van der Waals surface area contributed by atoms with Crippen LogP contribution in [0.15, 0.2) is 42.7 Å². The Hall–Kier alpha value is -1.58. The van der Waals surface area contributed by atoms with Crippen LogP contribution in [0.25, 0.3) is 0 Å². The molecule has 0 unspecified atom stereocenters. The fourth-order valence-electron chi connectivity index (χ4n) is 1.60. The van der Waals surface area contributed by atoms with E-state index in [1.54, 1.807) is 18.5 Å². The summed E-state index contributed by atoms with van der Waals surface area (Å²) in [6, 6.07) is 10.1. The highest BCUT2D eigenvalue weighted by Crippen LogP contribution is 2.16. The lowest BCUT2D eigenvalue weighted by molar-refractivity contribution is 0.305. The molecule has 0 aliphatic rings. The maximum Gasteiger partial charge on any atom is 0.139 e. The van der Waals surface area contributed by atoms with E-state index in [2.05, 4.69) is 34.6 Å².